The number of ether oxygens (including phenoxy) is 1. The summed E-state index contributed by atoms with van der Waals surface area (Å²) in [6, 6.07) is 11.8. The number of nitrogens with zero attached hydrogens (tertiary/aromatic N) is 2. The second kappa shape index (κ2) is 8.12. The van der Waals surface area contributed by atoms with Crippen LogP contribution in [0.1, 0.15) is 23.2 Å². The highest BCUT2D eigenvalue weighted by Crippen LogP contribution is 2.31. The molecule has 2 amide bonds. The predicted molar refractivity (Wildman–Crippen MR) is 108 cm³/mol. The molecule has 0 aromatic heterocycles. The number of benzene rings is 2. The molecule has 2 aromatic rings. The number of methoxy groups -OCH3 is 1. The van der Waals surface area contributed by atoms with Gasteiger partial charge in [0.1, 0.15) is 11.8 Å². The molecule has 1 heterocycles. The Kier molecular flexibility index (Phi) is 5.78. The second-order valence-electron chi connectivity index (χ2n) is 6.73. The van der Waals surface area contributed by atoms with E-state index in [1.54, 1.807) is 24.3 Å². The molecule has 29 heavy (non-hydrogen) atoms. The monoisotopic (exact) mass is 417 g/mol. The number of amides is 2. The minimum Gasteiger partial charge on any atom is -0.495 e. The van der Waals surface area contributed by atoms with Crippen molar-refractivity contribution >= 4 is 27.5 Å². The van der Waals surface area contributed by atoms with Crippen LogP contribution < -0.4 is 14.8 Å². The number of carbonyl (C=O) groups is 2. The van der Waals surface area contributed by atoms with Gasteiger partial charge in [-0.25, -0.2) is 8.42 Å². The molecule has 0 bridgehead atoms. The third-order valence-corrected chi connectivity index (χ3v) is 6.81. The Morgan fingerprint density at radius 1 is 1.14 bits per heavy atom. The first-order chi connectivity index (χ1) is 13.8. The molecular formula is C20H23N3O5S. The fourth-order valence-corrected chi connectivity index (χ4v) is 4.62. The molecular weight excluding hydrogens is 394 g/mol. The summed E-state index contributed by atoms with van der Waals surface area (Å²) in [5.74, 6) is -0.446. The van der Waals surface area contributed by atoms with Crippen molar-refractivity contribution in [2.45, 2.75) is 23.8 Å². The van der Waals surface area contributed by atoms with Gasteiger partial charge in [0, 0.05) is 19.2 Å². The molecule has 2 N–H and O–H groups in total. The highest BCUT2D eigenvalue weighted by molar-refractivity contribution is 7.92. The van der Waals surface area contributed by atoms with Crippen LogP contribution in [0.5, 0.6) is 5.75 Å². The standard InChI is InChI=1S/C20H23N3O5S/c1-22(16-6-3-4-8-18(16)28-2)29(26,27)15-11-9-14(10-12-15)20(25)23-13-5-7-17(23)19(21)24/h3-4,6,8-12,17H,5,7,13H2,1-2H3,(H2,21,24)/t17-/m1/s1. The average Bonchev–Trinajstić information content (AvgIpc) is 3.23. The zero-order chi connectivity index (χ0) is 21.2. The lowest BCUT2D eigenvalue weighted by Gasteiger charge is -2.23. The Bertz CT molecular complexity index is 1020. The molecule has 0 spiro atoms. The molecule has 0 radical (unpaired) electrons. The number of nitrogens with two attached hydrogens (primary N) is 1. The zero-order valence-electron chi connectivity index (χ0n) is 16.2. The van der Waals surface area contributed by atoms with E-state index in [4.69, 9.17) is 10.5 Å². The van der Waals surface area contributed by atoms with Gasteiger partial charge in [0.2, 0.25) is 5.91 Å². The molecule has 0 saturated carbocycles. The molecule has 1 fully saturated rings. The van der Waals surface area contributed by atoms with E-state index < -0.39 is 22.0 Å². The van der Waals surface area contributed by atoms with Crippen LogP contribution in [-0.2, 0) is 14.8 Å². The molecule has 0 aliphatic carbocycles. The fourth-order valence-electron chi connectivity index (χ4n) is 3.42. The highest BCUT2D eigenvalue weighted by atomic mass is 32.2. The van der Waals surface area contributed by atoms with Crippen molar-refractivity contribution in [3.8, 4) is 5.75 Å². The molecule has 9 heteroatoms. The van der Waals surface area contributed by atoms with E-state index in [0.717, 1.165) is 4.31 Å². The maximum absolute atomic E-state index is 13.0. The van der Waals surface area contributed by atoms with Crippen molar-refractivity contribution in [1.29, 1.82) is 0 Å². The van der Waals surface area contributed by atoms with E-state index >= 15 is 0 Å². The number of anilines is 1. The summed E-state index contributed by atoms with van der Waals surface area (Å²) in [4.78, 5) is 25.7. The summed E-state index contributed by atoms with van der Waals surface area (Å²) in [6.07, 6.45) is 1.24. The lowest BCUT2D eigenvalue weighted by Crippen LogP contribution is -2.43. The van der Waals surface area contributed by atoms with Crippen LogP contribution in [-0.4, -0.2) is 51.9 Å². The quantitative estimate of drug-likeness (QED) is 0.768. The van der Waals surface area contributed by atoms with Crippen molar-refractivity contribution in [2.24, 2.45) is 5.73 Å². The van der Waals surface area contributed by atoms with Crippen molar-refractivity contribution in [1.82, 2.24) is 4.90 Å². The molecule has 3 rings (SSSR count). The van der Waals surface area contributed by atoms with E-state index in [2.05, 4.69) is 0 Å². The van der Waals surface area contributed by atoms with Crippen LogP contribution in [0.3, 0.4) is 0 Å². The van der Waals surface area contributed by atoms with Gasteiger partial charge >= 0.3 is 0 Å². The molecule has 1 aliphatic rings. The highest BCUT2D eigenvalue weighted by Gasteiger charge is 2.33. The first-order valence-electron chi connectivity index (χ1n) is 9.09. The molecule has 154 valence electrons. The van der Waals surface area contributed by atoms with Crippen LogP contribution >= 0.6 is 0 Å². The summed E-state index contributed by atoms with van der Waals surface area (Å²) in [5, 5.41) is 0. The number of rotatable bonds is 6. The lowest BCUT2D eigenvalue weighted by atomic mass is 10.1. The summed E-state index contributed by atoms with van der Waals surface area (Å²) >= 11 is 0. The molecule has 2 aromatic carbocycles. The van der Waals surface area contributed by atoms with Gasteiger partial charge in [0.05, 0.1) is 17.7 Å². The Hall–Kier alpha value is -3.07. The Labute approximate surface area is 169 Å². The van der Waals surface area contributed by atoms with Crippen LogP contribution in [0.25, 0.3) is 0 Å². The van der Waals surface area contributed by atoms with Gasteiger partial charge in [-0.05, 0) is 49.2 Å². The molecule has 8 nitrogen and oxygen atoms in total. The smallest absolute Gasteiger partial charge is 0.264 e. The van der Waals surface area contributed by atoms with Crippen LogP contribution in [0, 0.1) is 0 Å². The van der Waals surface area contributed by atoms with Crippen molar-refractivity contribution < 1.29 is 22.7 Å². The van der Waals surface area contributed by atoms with E-state index in [-0.39, 0.29) is 10.8 Å². The van der Waals surface area contributed by atoms with Crippen LogP contribution in [0.4, 0.5) is 5.69 Å². The Morgan fingerprint density at radius 3 is 2.41 bits per heavy atom. The third-order valence-electron chi connectivity index (χ3n) is 5.03. The summed E-state index contributed by atoms with van der Waals surface area (Å²) in [6.45, 7) is 0.447. The van der Waals surface area contributed by atoms with E-state index in [1.165, 1.54) is 43.3 Å². The molecule has 1 atom stereocenters. The van der Waals surface area contributed by atoms with Gasteiger partial charge in [-0.15, -0.1) is 0 Å². The largest absolute Gasteiger partial charge is 0.495 e. The van der Waals surface area contributed by atoms with E-state index in [9.17, 15) is 18.0 Å². The number of primary amides is 1. The summed E-state index contributed by atoms with van der Waals surface area (Å²) < 4.78 is 32.4. The van der Waals surface area contributed by atoms with Gasteiger partial charge < -0.3 is 15.4 Å². The first kappa shape index (κ1) is 20.7. The van der Waals surface area contributed by atoms with E-state index in [1.807, 2.05) is 0 Å². The summed E-state index contributed by atoms with van der Waals surface area (Å²) in [7, 11) is -0.948. The van der Waals surface area contributed by atoms with Crippen molar-refractivity contribution in [3.63, 3.8) is 0 Å². The third kappa shape index (κ3) is 3.91. The number of likely N-dealkylation sites (tertiary alicyclic amines) is 1. The van der Waals surface area contributed by atoms with Crippen molar-refractivity contribution in [2.75, 3.05) is 25.0 Å². The molecule has 0 unspecified atom stereocenters. The van der Waals surface area contributed by atoms with Crippen LogP contribution in [0.2, 0.25) is 0 Å². The second-order valence-corrected chi connectivity index (χ2v) is 8.70. The average molecular weight is 417 g/mol. The van der Waals surface area contributed by atoms with Crippen LogP contribution in [0.15, 0.2) is 53.4 Å². The normalized spacial score (nSPS) is 16.5. The van der Waals surface area contributed by atoms with Crippen molar-refractivity contribution in [3.05, 3.63) is 54.1 Å². The number of carbonyl (C=O) groups excluding carboxylic acids is 2. The maximum Gasteiger partial charge on any atom is 0.264 e. The fraction of sp³-hybridized carbons (Fsp3) is 0.300. The van der Waals surface area contributed by atoms with Gasteiger partial charge in [0.15, 0.2) is 0 Å². The number of hydrogen-bond donors (Lipinski definition) is 1. The van der Waals surface area contributed by atoms with E-state index in [0.29, 0.717) is 36.4 Å². The van der Waals surface area contributed by atoms with Gasteiger partial charge in [-0.1, -0.05) is 12.1 Å². The number of hydrogen-bond acceptors (Lipinski definition) is 5. The summed E-state index contributed by atoms with van der Waals surface area (Å²) in [5.41, 5.74) is 6.07. The van der Waals surface area contributed by atoms with Gasteiger partial charge in [-0.3, -0.25) is 13.9 Å². The first-order valence-corrected chi connectivity index (χ1v) is 10.5. The Balaban J connectivity index is 1.85. The van der Waals surface area contributed by atoms with Gasteiger partial charge in [0.25, 0.3) is 15.9 Å². The SMILES string of the molecule is COc1ccccc1N(C)S(=O)(=O)c1ccc(C(=O)N2CCC[C@@H]2C(N)=O)cc1. The topological polar surface area (TPSA) is 110 Å². The Morgan fingerprint density at radius 2 is 1.79 bits per heavy atom. The maximum atomic E-state index is 13.0. The number of para-hydroxylation sites is 2. The lowest BCUT2D eigenvalue weighted by molar-refractivity contribution is -0.121. The molecule has 1 aliphatic heterocycles. The molecule has 1 saturated heterocycles. The zero-order valence-corrected chi connectivity index (χ0v) is 17.1. The van der Waals surface area contributed by atoms with Gasteiger partial charge in [-0.2, -0.15) is 0 Å². The number of sulfonamides is 1. The minimum absolute atomic E-state index is 0.0373. The minimum atomic E-state index is -3.86. The predicted octanol–water partition coefficient (Wildman–Crippen LogP) is 1.61.